The quantitative estimate of drug-likeness (QED) is 0.545. The van der Waals surface area contributed by atoms with E-state index in [4.69, 9.17) is 16.3 Å². The lowest BCUT2D eigenvalue weighted by molar-refractivity contribution is 0.0597. The average molecular weight is 455 g/mol. The van der Waals surface area contributed by atoms with Crippen LogP contribution in [0.2, 0.25) is 4.34 Å². The van der Waals surface area contributed by atoms with Gasteiger partial charge >= 0.3 is 5.97 Å². The first-order valence-corrected chi connectivity index (χ1v) is 10.7. The summed E-state index contributed by atoms with van der Waals surface area (Å²) >= 11 is 7.12. The lowest BCUT2D eigenvalue weighted by Gasteiger charge is -2.08. The fourth-order valence-electron chi connectivity index (χ4n) is 2.42. The van der Waals surface area contributed by atoms with E-state index in [2.05, 4.69) is 14.4 Å². The summed E-state index contributed by atoms with van der Waals surface area (Å²) in [5, 5.41) is 9.93. The number of hydrogen-bond donors (Lipinski definition) is 2. The molecular weight excluding hydrogens is 440 g/mol. The zero-order valence-corrected chi connectivity index (χ0v) is 17.6. The summed E-state index contributed by atoms with van der Waals surface area (Å²) in [6.07, 6.45) is 1.53. The van der Waals surface area contributed by atoms with Crippen LogP contribution in [0.5, 0.6) is 11.6 Å². The van der Waals surface area contributed by atoms with E-state index in [0.29, 0.717) is 17.0 Å². The second kappa shape index (κ2) is 8.27. The van der Waals surface area contributed by atoms with Crippen LogP contribution in [0.4, 0.5) is 5.69 Å². The Labute approximate surface area is 175 Å². The van der Waals surface area contributed by atoms with Gasteiger partial charge in [0.25, 0.3) is 10.0 Å². The molecule has 0 bridgehead atoms. The molecule has 2 N–H and O–H groups in total. The molecule has 0 aliphatic heterocycles. The number of carbonyl (C=O) groups excluding carboxylic acids is 1. The van der Waals surface area contributed by atoms with Crippen molar-refractivity contribution >= 4 is 44.6 Å². The van der Waals surface area contributed by atoms with E-state index in [0.717, 1.165) is 17.4 Å². The van der Waals surface area contributed by atoms with Crippen LogP contribution in [0.1, 0.15) is 10.4 Å². The van der Waals surface area contributed by atoms with Gasteiger partial charge in [-0.2, -0.15) is 0 Å². The molecule has 0 saturated heterocycles. The Balaban J connectivity index is 1.88. The van der Waals surface area contributed by atoms with Crippen molar-refractivity contribution in [2.45, 2.75) is 4.21 Å². The monoisotopic (exact) mass is 454 g/mol. The Kier molecular flexibility index (Phi) is 5.96. The van der Waals surface area contributed by atoms with Crippen molar-refractivity contribution < 1.29 is 27.8 Å². The van der Waals surface area contributed by atoms with Crippen LogP contribution in [0, 0.1) is 0 Å². The number of esters is 1. The third-order valence-corrected chi connectivity index (χ3v) is 7.05. The van der Waals surface area contributed by atoms with Crippen molar-refractivity contribution in [2.24, 2.45) is 0 Å². The SMILES string of the molecule is COC(=O)c1ccc(NS(=O)(=O)c2cc(-c3ccc(OC)nc3)c(Cl)s2)cc1O. The van der Waals surface area contributed by atoms with Gasteiger partial charge in [-0.3, -0.25) is 4.72 Å². The summed E-state index contributed by atoms with van der Waals surface area (Å²) in [4.78, 5) is 15.6. The van der Waals surface area contributed by atoms with Crippen molar-refractivity contribution in [1.29, 1.82) is 0 Å². The predicted octanol–water partition coefficient (Wildman–Crippen LogP) is 3.77. The minimum atomic E-state index is -3.98. The lowest BCUT2D eigenvalue weighted by Crippen LogP contribution is -2.11. The van der Waals surface area contributed by atoms with Gasteiger partial charge in [0.1, 0.15) is 19.9 Å². The zero-order valence-electron chi connectivity index (χ0n) is 15.2. The van der Waals surface area contributed by atoms with Crippen LogP contribution in [0.15, 0.2) is 46.8 Å². The number of ether oxygens (including phenoxy) is 2. The molecule has 11 heteroatoms. The van der Waals surface area contributed by atoms with E-state index in [9.17, 15) is 18.3 Å². The number of benzene rings is 1. The van der Waals surface area contributed by atoms with Gasteiger partial charge in [-0.05, 0) is 24.3 Å². The molecular formula is C18H15ClN2O6S2. The summed E-state index contributed by atoms with van der Waals surface area (Å²) in [6.45, 7) is 0. The van der Waals surface area contributed by atoms with Crippen LogP contribution < -0.4 is 9.46 Å². The van der Waals surface area contributed by atoms with Gasteiger partial charge in [0.2, 0.25) is 5.88 Å². The van der Waals surface area contributed by atoms with E-state index >= 15 is 0 Å². The number of nitrogens with one attached hydrogen (secondary N) is 1. The van der Waals surface area contributed by atoms with E-state index < -0.39 is 21.7 Å². The molecule has 0 fully saturated rings. The van der Waals surface area contributed by atoms with Crippen LogP contribution >= 0.6 is 22.9 Å². The standard InChI is InChI=1S/C18H15ClN2O6S2/c1-26-15-6-3-10(9-20-15)13-8-16(28-17(13)19)29(24,25)21-11-4-5-12(14(22)7-11)18(23)27-2/h3-9,21-22H,1-2H3. The fourth-order valence-corrected chi connectivity index (χ4v) is 5.24. The van der Waals surface area contributed by atoms with E-state index in [1.807, 2.05) is 0 Å². The molecule has 0 spiro atoms. The number of anilines is 1. The summed E-state index contributed by atoms with van der Waals surface area (Å²) in [6, 6.07) is 8.51. The Morgan fingerprint density at radius 1 is 1.21 bits per heavy atom. The maximum Gasteiger partial charge on any atom is 0.341 e. The zero-order chi connectivity index (χ0) is 21.2. The second-order valence-electron chi connectivity index (χ2n) is 5.67. The van der Waals surface area contributed by atoms with Crippen molar-refractivity contribution in [1.82, 2.24) is 4.98 Å². The number of carbonyl (C=O) groups is 1. The molecule has 0 radical (unpaired) electrons. The Bertz CT molecular complexity index is 1160. The van der Waals surface area contributed by atoms with Gasteiger partial charge in [-0.1, -0.05) is 11.6 Å². The number of pyridine rings is 1. The maximum absolute atomic E-state index is 12.7. The number of aromatic hydroxyl groups is 1. The van der Waals surface area contributed by atoms with Crippen LogP contribution in [0.3, 0.4) is 0 Å². The molecule has 2 aromatic heterocycles. The number of thiophene rings is 1. The van der Waals surface area contributed by atoms with E-state index in [-0.39, 0.29) is 19.8 Å². The third-order valence-electron chi connectivity index (χ3n) is 3.84. The highest BCUT2D eigenvalue weighted by molar-refractivity contribution is 7.94. The Hall–Kier alpha value is -2.82. The Morgan fingerprint density at radius 3 is 2.55 bits per heavy atom. The first-order chi connectivity index (χ1) is 13.7. The van der Waals surface area contributed by atoms with E-state index in [1.165, 1.54) is 38.6 Å². The number of nitrogens with zero attached hydrogens (tertiary/aromatic N) is 1. The number of phenols is 1. The number of sulfonamides is 1. The number of halogens is 1. The first-order valence-electron chi connectivity index (χ1n) is 7.99. The molecule has 3 aromatic rings. The lowest BCUT2D eigenvalue weighted by atomic mass is 10.1. The summed E-state index contributed by atoms with van der Waals surface area (Å²) in [5.41, 5.74) is 1.14. The predicted molar refractivity (Wildman–Crippen MR) is 109 cm³/mol. The van der Waals surface area contributed by atoms with Gasteiger partial charge in [0.05, 0.1) is 19.9 Å². The molecule has 0 aliphatic carbocycles. The highest BCUT2D eigenvalue weighted by Crippen LogP contribution is 2.38. The van der Waals surface area contributed by atoms with Gasteiger partial charge < -0.3 is 14.6 Å². The average Bonchev–Trinajstić information content (AvgIpc) is 3.10. The number of rotatable bonds is 6. The molecule has 0 aliphatic rings. The van der Waals surface area contributed by atoms with Gasteiger partial charge in [0.15, 0.2) is 0 Å². The van der Waals surface area contributed by atoms with Crippen molar-refractivity contribution in [3.05, 3.63) is 52.5 Å². The molecule has 1 aromatic carbocycles. The first kappa shape index (κ1) is 20.9. The molecule has 0 unspecified atom stereocenters. The molecule has 152 valence electrons. The fraction of sp³-hybridized carbons (Fsp3) is 0.111. The molecule has 3 rings (SSSR count). The summed E-state index contributed by atoms with van der Waals surface area (Å²) in [5.74, 6) is -0.726. The molecule has 0 atom stereocenters. The highest BCUT2D eigenvalue weighted by Gasteiger charge is 2.22. The molecule has 2 heterocycles. The van der Waals surface area contributed by atoms with Crippen LogP contribution in [0.25, 0.3) is 11.1 Å². The van der Waals surface area contributed by atoms with Crippen molar-refractivity contribution in [2.75, 3.05) is 18.9 Å². The topological polar surface area (TPSA) is 115 Å². The van der Waals surface area contributed by atoms with Crippen molar-refractivity contribution in [3.63, 3.8) is 0 Å². The summed E-state index contributed by atoms with van der Waals surface area (Å²) < 4.78 is 37.6. The van der Waals surface area contributed by atoms with Crippen molar-refractivity contribution in [3.8, 4) is 22.8 Å². The third kappa shape index (κ3) is 4.44. The number of phenolic OH excluding ortho intramolecular Hbond substituents is 1. The second-order valence-corrected chi connectivity index (χ2v) is 9.23. The van der Waals surface area contributed by atoms with Crippen LogP contribution in [-0.4, -0.2) is 38.7 Å². The molecule has 0 amide bonds. The van der Waals surface area contributed by atoms with Crippen LogP contribution in [-0.2, 0) is 14.8 Å². The van der Waals surface area contributed by atoms with Gasteiger partial charge in [-0.25, -0.2) is 18.2 Å². The van der Waals surface area contributed by atoms with E-state index in [1.54, 1.807) is 12.1 Å². The maximum atomic E-state index is 12.7. The number of hydrogen-bond acceptors (Lipinski definition) is 8. The smallest absolute Gasteiger partial charge is 0.341 e. The number of aromatic nitrogens is 1. The van der Waals surface area contributed by atoms with Gasteiger partial charge in [-0.15, -0.1) is 11.3 Å². The molecule has 8 nitrogen and oxygen atoms in total. The summed E-state index contributed by atoms with van der Waals surface area (Å²) in [7, 11) is -1.31. The minimum Gasteiger partial charge on any atom is -0.507 e. The molecule has 29 heavy (non-hydrogen) atoms. The Morgan fingerprint density at radius 2 is 1.97 bits per heavy atom. The highest BCUT2D eigenvalue weighted by atomic mass is 35.5. The molecule has 0 saturated carbocycles. The van der Waals surface area contributed by atoms with Gasteiger partial charge in [0, 0.05) is 29.5 Å². The normalized spacial score (nSPS) is 11.1. The minimum absolute atomic E-state index is 0.0233. The largest absolute Gasteiger partial charge is 0.507 e. The number of methoxy groups -OCH3 is 2.